The molecule has 0 aliphatic carbocycles. The fraction of sp³-hybridized carbons (Fsp3) is 0.438. The quantitative estimate of drug-likeness (QED) is 0.495. The summed E-state index contributed by atoms with van der Waals surface area (Å²) in [6.07, 6.45) is 5.76. The molecule has 0 bridgehead atoms. The molecule has 1 aromatic rings. The van der Waals surface area contributed by atoms with E-state index in [4.69, 9.17) is 0 Å². The molecule has 0 N–H and O–H groups in total. The number of allylic oxidation sites excluding steroid dienone is 1. The van der Waals surface area contributed by atoms with Crippen LogP contribution in [-0.4, -0.2) is 6.29 Å². The highest BCUT2D eigenvalue weighted by Gasteiger charge is 2.04. The molecule has 0 heterocycles. The van der Waals surface area contributed by atoms with E-state index in [1.165, 1.54) is 30.4 Å². The average Bonchev–Trinajstić information content (AvgIpc) is 2.38. The third-order valence-corrected chi connectivity index (χ3v) is 3.13. The Morgan fingerprint density at radius 1 is 1.29 bits per heavy atom. The van der Waals surface area contributed by atoms with Crippen LogP contribution >= 0.6 is 0 Å². The minimum absolute atomic E-state index is 0.0163. The second-order valence-electron chi connectivity index (χ2n) is 4.61. The average molecular weight is 230 g/mol. The lowest BCUT2D eigenvalue weighted by Gasteiger charge is -2.08. The van der Waals surface area contributed by atoms with Crippen LogP contribution in [-0.2, 0) is 4.79 Å². The van der Waals surface area contributed by atoms with Crippen LogP contribution in [0.25, 0.3) is 5.57 Å². The maximum Gasteiger partial charge on any atom is 0.127 e. The molecule has 1 atom stereocenters. The zero-order chi connectivity index (χ0) is 12.7. The third kappa shape index (κ3) is 4.18. The second-order valence-corrected chi connectivity index (χ2v) is 4.61. The van der Waals surface area contributed by atoms with Crippen LogP contribution in [0.1, 0.15) is 56.6 Å². The summed E-state index contributed by atoms with van der Waals surface area (Å²) in [7, 11) is 0. The van der Waals surface area contributed by atoms with Gasteiger partial charge in [-0.25, -0.2) is 0 Å². The lowest BCUT2D eigenvalue weighted by Crippen LogP contribution is -1.94. The van der Waals surface area contributed by atoms with E-state index in [1.807, 2.05) is 19.1 Å². The van der Waals surface area contributed by atoms with Gasteiger partial charge >= 0.3 is 0 Å². The van der Waals surface area contributed by atoms with E-state index in [1.54, 1.807) is 0 Å². The molecule has 0 saturated carbocycles. The highest BCUT2D eigenvalue weighted by Crippen LogP contribution is 2.21. The largest absolute Gasteiger partial charge is 0.303 e. The van der Waals surface area contributed by atoms with Gasteiger partial charge in [-0.1, -0.05) is 57.5 Å². The van der Waals surface area contributed by atoms with E-state index in [-0.39, 0.29) is 5.92 Å². The molecular weight excluding hydrogens is 208 g/mol. The van der Waals surface area contributed by atoms with Crippen molar-refractivity contribution in [3.8, 4) is 0 Å². The highest BCUT2D eigenvalue weighted by atomic mass is 16.1. The highest BCUT2D eigenvalue weighted by molar-refractivity contribution is 5.65. The van der Waals surface area contributed by atoms with Gasteiger partial charge in [0.05, 0.1) is 0 Å². The van der Waals surface area contributed by atoms with E-state index < -0.39 is 0 Å². The first-order chi connectivity index (χ1) is 8.19. The second kappa shape index (κ2) is 7.05. The van der Waals surface area contributed by atoms with Crippen LogP contribution < -0.4 is 0 Å². The van der Waals surface area contributed by atoms with Crippen molar-refractivity contribution in [2.24, 2.45) is 0 Å². The van der Waals surface area contributed by atoms with E-state index in [0.29, 0.717) is 0 Å². The van der Waals surface area contributed by atoms with Crippen molar-refractivity contribution in [2.75, 3.05) is 0 Å². The summed E-state index contributed by atoms with van der Waals surface area (Å²) < 4.78 is 0. The summed E-state index contributed by atoms with van der Waals surface area (Å²) in [4.78, 5) is 10.7. The summed E-state index contributed by atoms with van der Waals surface area (Å²) in [6, 6.07) is 8.20. The molecule has 0 radical (unpaired) electrons. The van der Waals surface area contributed by atoms with Gasteiger partial charge in [0.1, 0.15) is 6.29 Å². The Hall–Kier alpha value is -1.37. The smallest absolute Gasteiger partial charge is 0.127 e. The van der Waals surface area contributed by atoms with Crippen molar-refractivity contribution >= 4 is 11.9 Å². The van der Waals surface area contributed by atoms with E-state index >= 15 is 0 Å². The maximum atomic E-state index is 10.7. The first-order valence-corrected chi connectivity index (χ1v) is 6.42. The lowest BCUT2D eigenvalue weighted by atomic mass is 9.97. The van der Waals surface area contributed by atoms with Crippen LogP contribution in [0.5, 0.6) is 0 Å². The Morgan fingerprint density at radius 2 is 1.94 bits per heavy atom. The van der Waals surface area contributed by atoms with E-state index in [0.717, 1.165) is 18.3 Å². The molecule has 1 heteroatoms. The number of rotatable bonds is 7. The molecule has 0 amide bonds. The summed E-state index contributed by atoms with van der Waals surface area (Å²) in [5, 5.41) is 0. The minimum atomic E-state index is -0.0163. The zero-order valence-corrected chi connectivity index (χ0v) is 10.9. The van der Waals surface area contributed by atoms with Gasteiger partial charge in [-0.05, 0) is 29.5 Å². The lowest BCUT2D eigenvalue weighted by molar-refractivity contribution is -0.108. The molecule has 92 valence electrons. The van der Waals surface area contributed by atoms with Gasteiger partial charge in [-0.3, -0.25) is 0 Å². The molecule has 1 unspecified atom stereocenters. The summed E-state index contributed by atoms with van der Waals surface area (Å²) in [5.74, 6) is -0.0163. The minimum Gasteiger partial charge on any atom is -0.303 e. The molecule has 0 aliphatic rings. The van der Waals surface area contributed by atoms with E-state index in [9.17, 15) is 4.79 Å². The Balaban J connectivity index is 2.60. The number of aldehydes is 1. The molecular formula is C16H22O. The van der Waals surface area contributed by atoms with Gasteiger partial charge in [0.25, 0.3) is 0 Å². The predicted molar refractivity (Wildman–Crippen MR) is 74.1 cm³/mol. The standard InChI is InChI=1S/C16H22O/c1-4-5-6-7-13(2)15-8-10-16(11-9-15)14(3)12-17/h8-12,14H,2,4-7H2,1,3H3. The Morgan fingerprint density at radius 3 is 2.47 bits per heavy atom. The Labute approximate surface area is 105 Å². The van der Waals surface area contributed by atoms with Crippen LogP contribution in [0.3, 0.4) is 0 Å². The van der Waals surface area contributed by atoms with Crippen molar-refractivity contribution in [3.63, 3.8) is 0 Å². The third-order valence-electron chi connectivity index (χ3n) is 3.13. The van der Waals surface area contributed by atoms with Crippen LogP contribution in [0.15, 0.2) is 30.8 Å². The normalized spacial score (nSPS) is 12.1. The van der Waals surface area contributed by atoms with E-state index in [2.05, 4.69) is 25.6 Å². The number of hydrogen-bond donors (Lipinski definition) is 0. The van der Waals surface area contributed by atoms with Crippen LogP contribution in [0.2, 0.25) is 0 Å². The molecule has 1 nitrogen and oxygen atoms in total. The van der Waals surface area contributed by atoms with Gasteiger partial charge in [0.2, 0.25) is 0 Å². The van der Waals surface area contributed by atoms with Gasteiger partial charge in [0.15, 0.2) is 0 Å². The van der Waals surface area contributed by atoms with Crippen molar-refractivity contribution in [1.29, 1.82) is 0 Å². The van der Waals surface area contributed by atoms with Gasteiger partial charge in [-0.15, -0.1) is 0 Å². The number of benzene rings is 1. The fourth-order valence-electron chi connectivity index (χ4n) is 1.83. The molecule has 17 heavy (non-hydrogen) atoms. The monoisotopic (exact) mass is 230 g/mol. The molecule has 1 aromatic carbocycles. The van der Waals surface area contributed by atoms with Gasteiger partial charge in [0, 0.05) is 5.92 Å². The molecule has 0 aliphatic heterocycles. The molecule has 0 fully saturated rings. The van der Waals surface area contributed by atoms with Crippen molar-refractivity contribution < 1.29 is 4.79 Å². The van der Waals surface area contributed by atoms with Crippen molar-refractivity contribution in [3.05, 3.63) is 42.0 Å². The number of carbonyl (C=O) groups is 1. The Bertz CT molecular complexity index is 362. The van der Waals surface area contributed by atoms with Crippen LogP contribution in [0, 0.1) is 0 Å². The molecule has 0 spiro atoms. The first-order valence-electron chi connectivity index (χ1n) is 6.42. The topological polar surface area (TPSA) is 17.1 Å². The first kappa shape index (κ1) is 13.7. The van der Waals surface area contributed by atoms with Crippen molar-refractivity contribution in [2.45, 2.75) is 45.4 Å². The number of unbranched alkanes of at least 4 members (excludes halogenated alkanes) is 2. The molecule has 0 aromatic heterocycles. The van der Waals surface area contributed by atoms with Crippen molar-refractivity contribution in [1.82, 2.24) is 0 Å². The SMILES string of the molecule is C=C(CCCCC)c1ccc(C(C)C=O)cc1. The zero-order valence-electron chi connectivity index (χ0n) is 10.9. The maximum absolute atomic E-state index is 10.7. The van der Waals surface area contributed by atoms with Gasteiger partial charge in [-0.2, -0.15) is 0 Å². The summed E-state index contributed by atoms with van der Waals surface area (Å²) in [5.41, 5.74) is 3.47. The fourth-order valence-corrected chi connectivity index (χ4v) is 1.83. The van der Waals surface area contributed by atoms with Gasteiger partial charge < -0.3 is 4.79 Å². The molecule has 0 saturated heterocycles. The summed E-state index contributed by atoms with van der Waals surface area (Å²) >= 11 is 0. The number of hydrogen-bond acceptors (Lipinski definition) is 1. The summed E-state index contributed by atoms with van der Waals surface area (Å²) in [6.45, 7) is 8.24. The molecule has 1 rings (SSSR count). The van der Waals surface area contributed by atoms with Crippen LogP contribution in [0.4, 0.5) is 0 Å². The predicted octanol–water partition coefficient (Wildman–Crippen LogP) is 4.58. The number of carbonyl (C=O) groups excluding carboxylic acids is 1. The Kier molecular flexibility index (Phi) is 5.68.